The van der Waals surface area contributed by atoms with Gasteiger partial charge >= 0.3 is 6.18 Å². The van der Waals surface area contributed by atoms with Crippen molar-refractivity contribution in [1.82, 2.24) is 5.43 Å². The number of aryl methyl sites for hydroxylation is 1. The lowest BCUT2D eigenvalue weighted by atomic mass is 9.93. The number of carbonyl (C=O) groups excluding carboxylic acids is 2. The molecule has 1 aromatic heterocycles. The molecule has 0 fully saturated rings. The Kier molecular flexibility index (Phi) is 6.58. The zero-order valence-corrected chi connectivity index (χ0v) is 19.0. The summed E-state index contributed by atoms with van der Waals surface area (Å²) in [5, 5.41) is 16.3. The number of furan rings is 1. The van der Waals surface area contributed by atoms with E-state index in [0.717, 1.165) is 18.2 Å². The molecule has 1 heterocycles. The molecule has 0 bridgehead atoms. The van der Waals surface area contributed by atoms with Crippen LogP contribution >= 0.6 is 11.6 Å². The number of amides is 2. The molecule has 0 radical (unpaired) electrons. The number of benzene rings is 2. The van der Waals surface area contributed by atoms with E-state index >= 15 is 0 Å². The molecule has 3 aromatic rings. The summed E-state index contributed by atoms with van der Waals surface area (Å²) in [7, 11) is 0. The molecule has 1 aliphatic rings. The molecular formula is C24H19ClF3N3O4. The summed E-state index contributed by atoms with van der Waals surface area (Å²) in [6, 6.07) is 8.63. The van der Waals surface area contributed by atoms with Gasteiger partial charge in [-0.15, -0.1) is 0 Å². The van der Waals surface area contributed by atoms with Crippen LogP contribution in [0.1, 0.15) is 56.2 Å². The van der Waals surface area contributed by atoms with Crippen LogP contribution < -0.4 is 10.7 Å². The lowest BCUT2D eigenvalue weighted by Crippen LogP contribution is -2.22. The van der Waals surface area contributed by atoms with Crippen molar-refractivity contribution in [3.63, 3.8) is 0 Å². The number of fused-ring (bicyclic) bond motifs is 1. The largest absolute Gasteiger partial charge is 0.507 e. The fourth-order valence-electron chi connectivity index (χ4n) is 3.82. The van der Waals surface area contributed by atoms with Crippen molar-refractivity contribution >= 4 is 34.8 Å². The van der Waals surface area contributed by atoms with Crippen LogP contribution in [0.3, 0.4) is 0 Å². The normalized spacial score (nSPS) is 14.5. The van der Waals surface area contributed by atoms with Crippen LogP contribution in [0.25, 0.3) is 0 Å². The number of para-hydroxylation sites is 1. The van der Waals surface area contributed by atoms with Crippen LogP contribution in [-0.4, -0.2) is 22.6 Å². The number of aromatic hydroxyl groups is 1. The predicted octanol–water partition coefficient (Wildman–Crippen LogP) is 5.69. The molecule has 7 nitrogen and oxygen atoms in total. The molecule has 3 N–H and O–H groups in total. The number of hydrogen-bond donors (Lipinski definition) is 3. The second-order valence-corrected chi connectivity index (χ2v) is 8.28. The Balaban J connectivity index is 1.59. The maximum absolute atomic E-state index is 13.1. The number of rotatable bonds is 4. The average molecular weight is 506 g/mol. The number of hydrazone groups is 1. The van der Waals surface area contributed by atoms with Gasteiger partial charge in [-0.3, -0.25) is 9.59 Å². The van der Waals surface area contributed by atoms with Crippen molar-refractivity contribution in [2.24, 2.45) is 5.10 Å². The van der Waals surface area contributed by atoms with Crippen molar-refractivity contribution in [2.45, 2.75) is 32.4 Å². The van der Waals surface area contributed by atoms with E-state index in [2.05, 4.69) is 15.8 Å². The summed E-state index contributed by atoms with van der Waals surface area (Å²) in [6.45, 7) is 1.62. The van der Waals surface area contributed by atoms with Gasteiger partial charge in [0.25, 0.3) is 11.8 Å². The molecule has 2 aromatic carbocycles. The maximum Gasteiger partial charge on any atom is 0.416 e. The third-order valence-corrected chi connectivity index (χ3v) is 5.84. The molecule has 1 aliphatic carbocycles. The van der Waals surface area contributed by atoms with E-state index in [1.54, 1.807) is 19.1 Å². The van der Waals surface area contributed by atoms with E-state index in [9.17, 15) is 27.9 Å². The maximum atomic E-state index is 13.1. The zero-order chi connectivity index (χ0) is 25.3. The lowest BCUT2D eigenvalue weighted by Gasteiger charge is -2.13. The fraction of sp³-hybridized carbons (Fsp3) is 0.208. The highest BCUT2D eigenvalue weighted by Crippen LogP contribution is 2.35. The van der Waals surface area contributed by atoms with Crippen molar-refractivity contribution < 1.29 is 32.3 Å². The summed E-state index contributed by atoms with van der Waals surface area (Å²) in [6.07, 6.45) is -2.95. The van der Waals surface area contributed by atoms with Gasteiger partial charge in [0.15, 0.2) is 5.76 Å². The Bertz CT molecular complexity index is 1350. The number of anilines is 1. The number of hydrogen-bond acceptors (Lipinski definition) is 5. The van der Waals surface area contributed by atoms with Crippen LogP contribution in [0, 0.1) is 6.92 Å². The molecule has 0 atom stereocenters. The zero-order valence-electron chi connectivity index (χ0n) is 18.3. The molecule has 2 amide bonds. The van der Waals surface area contributed by atoms with Crippen LogP contribution in [0.4, 0.5) is 18.9 Å². The lowest BCUT2D eigenvalue weighted by molar-refractivity contribution is -0.137. The van der Waals surface area contributed by atoms with Crippen molar-refractivity contribution in [2.75, 3.05) is 5.32 Å². The number of nitrogens with one attached hydrogen (secondary N) is 2. The highest BCUT2D eigenvalue weighted by atomic mass is 35.5. The van der Waals surface area contributed by atoms with Gasteiger partial charge in [0.1, 0.15) is 11.5 Å². The number of nitrogens with zero attached hydrogens (tertiary/aromatic N) is 1. The first-order valence-corrected chi connectivity index (χ1v) is 10.9. The second-order valence-electron chi connectivity index (χ2n) is 7.87. The van der Waals surface area contributed by atoms with Crippen LogP contribution in [0.5, 0.6) is 5.75 Å². The minimum absolute atomic E-state index is 0.0508. The van der Waals surface area contributed by atoms with Crippen molar-refractivity contribution in [3.8, 4) is 5.75 Å². The number of halogens is 4. The van der Waals surface area contributed by atoms with Gasteiger partial charge in [0, 0.05) is 17.5 Å². The van der Waals surface area contributed by atoms with E-state index < -0.39 is 23.6 Å². The summed E-state index contributed by atoms with van der Waals surface area (Å²) in [5.41, 5.74) is 2.75. The standard InChI is InChI=1S/C24H19ClF3N3O4/c1-12-20-16(30-31-22(33)14-5-2-3-7-18(14)32)6-4-8-19(20)35-21(12)23(34)29-17-11-13(24(26,27)28)9-10-15(17)25/h2-3,5,7,9-11,32H,4,6,8H2,1H3,(H,29,34)(H,31,33)/b30-16+. The van der Waals surface area contributed by atoms with E-state index in [0.29, 0.717) is 41.9 Å². The highest BCUT2D eigenvalue weighted by Gasteiger charge is 2.32. The van der Waals surface area contributed by atoms with E-state index in [1.807, 2.05) is 0 Å². The molecular weight excluding hydrogens is 487 g/mol. The average Bonchev–Trinajstić information content (AvgIpc) is 3.15. The number of phenols is 1. The molecule has 0 saturated carbocycles. The molecule has 0 saturated heterocycles. The summed E-state index contributed by atoms with van der Waals surface area (Å²) in [4.78, 5) is 25.3. The summed E-state index contributed by atoms with van der Waals surface area (Å²) >= 11 is 5.98. The molecule has 182 valence electrons. The predicted molar refractivity (Wildman–Crippen MR) is 123 cm³/mol. The van der Waals surface area contributed by atoms with Crippen molar-refractivity contribution in [3.05, 3.63) is 81.3 Å². The van der Waals surface area contributed by atoms with Gasteiger partial charge in [0.2, 0.25) is 0 Å². The molecule has 35 heavy (non-hydrogen) atoms. The topological polar surface area (TPSA) is 104 Å². The first kappa shape index (κ1) is 24.3. The van der Waals surface area contributed by atoms with Gasteiger partial charge in [-0.05, 0) is 50.1 Å². The summed E-state index contributed by atoms with van der Waals surface area (Å²) in [5.74, 6) is -1.19. The quantitative estimate of drug-likeness (QED) is 0.396. The third-order valence-electron chi connectivity index (χ3n) is 5.51. The smallest absolute Gasteiger partial charge is 0.416 e. The summed E-state index contributed by atoms with van der Waals surface area (Å²) < 4.78 is 44.9. The molecule has 11 heteroatoms. The Morgan fingerprint density at radius 1 is 1.11 bits per heavy atom. The Labute approximate surface area is 202 Å². The molecule has 0 unspecified atom stereocenters. The van der Waals surface area contributed by atoms with E-state index in [4.69, 9.17) is 16.0 Å². The Hall–Kier alpha value is -3.79. The Morgan fingerprint density at radius 2 is 1.86 bits per heavy atom. The first-order valence-electron chi connectivity index (χ1n) is 10.5. The minimum Gasteiger partial charge on any atom is -0.507 e. The monoisotopic (exact) mass is 505 g/mol. The molecule has 0 aliphatic heterocycles. The van der Waals surface area contributed by atoms with Crippen LogP contribution in [0.2, 0.25) is 5.02 Å². The van der Waals surface area contributed by atoms with Gasteiger partial charge < -0.3 is 14.8 Å². The van der Waals surface area contributed by atoms with Gasteiger partial charge in [-0.25, -0.2) is 5.43 Å². The Morgan fingerprint density at radius 3 is 2.57 bits per heavy atom. The van der Waals surface area contributed by atoms with Gasteiger partial charge in [-0.2, -0.15) is 18.3 Å². The van der Waals surface area contributed by atoms with Crippen LogP contribution in [-0.2, 0) is 12.6 Å². The van der Waals surface area contributed by atoms with Gasteiger partial charge in [-0.1, -0.05) is 23.7 Å². The number of carbonyl (C=O) groups is 2. The molecule has 4 rings (SSSR count). The van der Waals surface area contributed by atoms with Gasteiger partial charge in [0.05, 0.1) is 27.5 Å². The van der Waals surface area contributed by atoms with Crippen molar-refractivity contribution in [1.29, 1.82) is 0 Å². The fourth-order valence-corrected chi connectivity index (χ4v) is 3.98. The number of phenolic OH excluding ortho intramolecular Hbond substituents is 1. The third kappa shape index (κ3) is 5.02. The van der Waals surface area contributed by atoms with E-state index in [1.165, 1.54) is 12.1 Å². The molecule has 0 spiro atoms. The number of alkyl halides is 3. The van der Waals surface area contributed by atoms with E-state index in [-0.39, 0.29) is 27.8 Å². The van der Waals surface area contributed by atoms with Crippen LogP contribution in [0.15, 0.2) is 52.0 Å². The highest BCUT2D eigenvalue weighted by molar-refractivity contribution is 6.34. The second kappa shape index (κ2) is 9.46. The first-order chi connectivity index (χ1) is 16.6. The SMILES string of the molecule is Cc1c(C(=O)Nc2cc(C(F)(F)F)ccc2Cl)oc2c1/C(=N/NC(=O)c1ccccc1O)CCC2. The minimum atomic E-state index is -4.60.